The van der Waals surface area contributed by atoms with Gasteiger partial charge in [-0.05, 0) is 24.1 Å². The second kappa shape index (κ2) is 8.26. The fourth-order valence-corrected chi connectivity index (χ4v) is 2.44. The SMILES string of the molecule is O=C(NCCc1ccccc1)c1cnc(Nc2ccccc2Cl)nc1. The van der Waals surface area contributed by atoms with Gasteiger partial charge in [0.25, 0.3) is 5.91 Å². The minimum absolute atomic E-state index is 0.194. The highest BCUT2D eigenvalue weighted by Gasteiger charge is 2.07. The largest absolute Gasteiger partial charge is 0.352 e. The van der Waals surface area contributed by atoms with Gasteiger partial charge in [-0.3, -0.25) is 4.79 Å². The lowest BCUT2D eigenvalue weighted by molar-refractivity contribution is 0.0953. The number of hydrogen-bond donors (Lipinski definition) is 2. The lowest BCUT2D eigenvalue weighted by atomic mass is 10.1. The molecule has 0 spiro atoms. The highest BCUT2D eigenvalue weighted by molar-refractivity contribution is 6.33. The monoisotopic (exact) mass is 352 g/mol. The minimum atomic E-state index is -0.194. The highest BCUT2D eigenvalue weighted by atomic mass is 35.5. The first-order valence-corrected chi connectivity index (χ1v) is 8.26. The number of rotatable bonds is 6. The Balaban J connectivity index is 1.54. The molecular formula is C19H17ClN4O. The van der Waals surface area contributed by atoms with Gasteiger partial charge in [0.15, 0.2) is 0 Å². The molecule has 1 aromatic heterocycles. The van der Waals surface area contributed by atoms with Crippen LogP contribution in [0.25, 0.3) is 0 Å². The molecule has 1 heterocycles. The first-order chi connectivity index (χ1) is 12.2. The summed E-state index contributed by atoms with van der Waals surface area (Å²) in [5, 5.41) is 6.46. The van der Waals surface area contributed by atoms with Crippen molar-refractivity contribution in [1.82, 2.24) is 15.3 Å². The smallest absolute Gasteiger partial charge is 0.254 e. The maximum atomic E-state index is 12.1. The summed E-state index contributed by atoms with van der Waals surface area (Å²) in [6.45, 7) is 0.558. The van der Waals surface area contributed by atoms with Crippen LogP contribution in [-0.2, 0) is 6.42 Å². The predicted molar refractivity (Wildman–Crippen MR) is 99.2 cm³/mol. The third-order valence-corrected chi connectivity index (χ3v) is 3.91. The molecule has 1 amide bonds. The Morgan fingerprint density at radius 2 is 1.64 bits per heavy atom. The van der Waals surface area contributed by atoms with Crippen LogP contribution >= 0.6 is 11.6 Å². The second-order valence-electron chi connectivity index (χ2n) is 5.39. The molecule has 3 rings (SSSR count). The topological polar surface area (TPSA) is 66.9 Å². The van der Waals surface area contributed by atoms with Crippen molar-refractivity contribution in [2.45, 2.75) is 6.42 Å². The average molecular weight is 353 g/mol. The summed E-state index contributed by atoms with van der Waals surface area (Å²) in [5.74, 6) is 0.189. The number of carbonyl (C=O) groups excluding carboxylic acids is 1. The van der Waals surface area contributed by atoms with E-state index in [1.807, 2.05) is 48.5 Å². The number of anilines is 2. The van der Waals surface area contributed by atoms with Crippen LogP contribution in [-0.4, -0.2) is 22.4 Å². The van der Waals surface area contributed by atoms with Gasteiger partial charge in [0.05, 0.1) is 16.3 Å². The molecule has 0 bridgehead atoms. The van der Waals surface area contributed by atoms with Crippen LogP contribution in [0.1, 0.15) is 15.9 Å². The van der Waals surface area contributed by atoms with Crippen LogP contribution < -0.4 is 10.6 Å². The van der Waals surface area contributed by atoms with E-state index >= 15 is 0 Å². The Labute approximate surface area is 151 Å². The number of hydrogen-bond acceptors (Lipinski definition) is 4. The maximum absolute atomic E-state index is 12.1. The van der Waals surface area contributed by atoms with Crippen LogP contribution in [0.5, 0.6) is 0 Å². The van der Waals surface area contributed by atoms with Gasteiger partial charge in [-0.1, -0.05) is 54.1 Å². The molecule has 5 nitrogen and oxygen atoms in total. The number of halogens is 1. The van der Waals surface area contributed by atoms with E-state index in [4.69, 9.17) is 11.6 Å². The van der Waals surface area contributed by atoms with Gasteiger partial charge in [0.2, 0.25) is 5.95 Å². The zero-order chi connectivity index (χ0) is 17.5. The van der Waals surface area contributed by atoms with Crippen molar-refractivity contribution in [3.05, 3.63) is 83.1 Å². The van der Waals surface area contributed by atoms with E-state index in [0.29, 0.717) is 28.8 Å². The average Bonchev–Trinajstić information content (AvgIpc) is 2.65. The second-order valence-corrected chi connectivity index (χ2v) is 5.80. The van der Waals surface area contributed by atoms with Gasteiger partial charge in [0, 0.05) is 18.9 Å². The molecule has 0 aliphatic rings. The Kier molecular flexibility index (Phi) is 5.59. The van der Waals surface area contributed by atoms with Gasteiger partial charge < -0.3 is 10.6 Å². The van der Waals surface area contributed by atoms with Crippen LogP contribution in [0, 0.1) is 0 Å². The van der Waals surface area contributed by atoms with Crippen molar-refractivity contribution in [3.63, 3.8) is 0 Å². The van der Waals surface area contributed by atoms with E-state index in [2.05, 4.69) is 20.6 Å². The molecule has 0 saturated heterocycles. The number of benzene rings is 2. The van der Waals surface area contributed by atoms with Crippen molar-refractivity contribution in [3.8, 4) is 0 Å². The molecule has 2 aromatic carbocycles. The maximum Gasteiger partial charge on any atom is 0.254 e. The summed E-state index contributed by atoms with van der Waals surface area (Å²) in [4.78, 5) is 20.4. The number of amides is 1. The van der Waals surface area contributed by atoms with E-state index in [9.17, 15) is 4.79 Å². The normalized spacial score (nSPS) is 10.3. The summed E-state index contributed by atoms with van der Waals surface area (Å²) < 4.78 is 0. The lowest BCUT2D eigenvalue weighted by Crippen LogP contribution is -2.26. The lowest BCUT2D eigenvalue weighted by Gasteiger charge is -2.08. The molecule has 6 heteroatoms. The molecule has 0 aliphatic heterocycles. The zero-order valence-corrected chi connectivity index (χ0v) is 14.2. The number of nitrogens with one attached hydrogen (secondary N) is 2. The molecule has 0 unspecified atom stereocenters. The first-order valence-electron chi connectivity index (χ1n) is 7.88. The molecule has 2 N–H and O–H groups in total. The Bertz CT molecular complexity index is 838. The van der Waals surface area contributed by atoms with E-state index in [0.717, 1.165) is 6.42 Å². The Morgan fingerprint density at radius 1 is 0.960 bits per heavy atom. The number of nitrogens with zero attached hydrogens (tertiary/aromatic N) is 2. The molecular weight excluding hydrogens is 336 g/mol. The van der Waals surface area contributed by atoms with E-state index in [-0.39, 0.29) is 5.91 Å². The quantitative estimate of drug-likeness (QED) is 0.707. The van der Waals surface area contributed by atoms with Crippen molar-refractivity contribution >= 4 is 29.1 Å². The third-order valence-electron chi connectivity index (χ3n) is 3.58. The van der Waals surface area contributed by atoms with Gasteiger partial charge in [-0.2, -0.15) is 0 Å². The van der Waals surface area contributed by atoms with Crippen LogP contribution in [0.15, 0.2) is 67.0 Å². The highest BCUT2D eigenvalue weighted by Crippen LogP contribution is 2.22. The Morgan fingerprint density at radius 3 is 2.36 bits per heavy atom. The van der Waals surface area contributed by atoms with Gasteiger partial charge in [0.1, 0.15) is 0 Å². The standard InChI is InChI=1S/C19H17ClN4O/c20-16-8-4-5-9-17(16)24-19-22-12-15(13-23-19)18(25)21-11-10-14-6-2-1-3-7-14/h1-9,12-13H,10-11H2,(H,21,25)(H,22,23,24). The van der Waals surface area contributed by atoms with Crippen molar-refractivity contribution in [1.29, 1.82) is 0 Å². The molecule has 0 atom stereocenters. The number of para-hydroxylation sites is 1. The summed E-state index contributed by atoms with van der Waals surface area (Å²) in [7, 11) is 0. The summed E-state index contributed by atoms with van der Waals surface area (Å²) in [6.07, 6.45) is 3.76. The minimum Gasteiger partial charge on any atom is -0.352 e. The van der Waals surface area contributed by atoms with Crippen LogP contribution in [0.4, 0.5) is 11.6 Å². The van der Waals surface area contributed by atoms with E-state index in [1.165, 1.54) is 18.0 Å². The van der Waals surface area contributed by atoms with E-state index in [1.54, 1.807) is 6.07 Å². The van der Waals surface area contributed by atoms with Gasteiger partial charge >= 0.3 is 0 Å². The van der Waals surface area contributed by atoms with Crippen molar-refractivity contribution in [2.75, 3.05) is 11.9 Å². The molecule has 3 aromatic rings. The predicted octanol–water partition coefficient (Wildman–Crippen LogP) is 3.85. The molecule has 0 aliphatic carbocycles. The molecule has 0 saturated carbocycles. The Hall–Kier alpha value is -2.92. The van der Waals surface area contributed by atoms with Crippen LogP contribution in [0.2, 0.25) is 5.02 Å². The molecule has 126 valence electrons. The van der Waals surface area contributed by atoms with Crippen molar-refractivity contribution < 1.29 is 4.79 Å². The van der Waals surface area contributed by atoms with Gasteiger partial charge in [-0.15, -0.1) is 0 Å². The number of carbonyl (C=O) groups is 1. The van der Waals surface area contributed by atoms with Crippen molar-refractivity contribution in [2.24, 2.45) is 0 Å². The third kappa shape index (κ3) is 4.78. The molecule has 25 heavy (non-hydrogen) atoms. The number of aromatic nitrogens is 2. The van der Waals surface area contributed by atoms with Crippen LogP contribution in [0.3, 0.4) is 0 Å². The first kappa shape index (κ1) is 16.9. The fourth-order valence-electron chi connectivity index (χ4n) is 2.26. The fraction of sp³-hybridized carbons (Fsp3) is 0.105. The molecule has 0 fully saturated rings. The summed E-state index contributed by atoms with van der Waals surface area (Å²) in [5.41, 5.74) is 2.31. The summed E-state index contributed by atoms with van der Waals surface area (Å²) >= 11 is 6.08. The summed E-state index contributed by atoms with van der Waals surface area (Å²) in [6, 6.07) is 17.3. The molecule has 0 radical (unpaired) electrons. The van der Waals surface area contributed by atoms with Gasteiger partial charge in [-0.25, -0.2) is 9.97 Å². The zero-order valence-electron chi connectivity index (χ0n) is 13.4. The van der Waals surface area contributed by atoms with E-state index < -0.39 is 0 Å².